The number of carbonyl (C=O) groups is 1. The fourth-order valence-electron chi connectivity index (χ4n) is 2.71. The highest BCUT2D eigenvalue weighted by atomic mass is 16.3. The Kier molecular flexibility index (Phi) is 3.29. The molecule has 1 saturated carbocycles. The van der Waals surface area contributed by atoms with Crippen molar-refractivity contribution in [3.8, 4) is 0 Å². The van der Waals surface area contributed by atoms with Gasteiger partial charge in [-0.25, -0.2) is 0 Å². The van der Waals surface area contributed by atoms with E-state index in [1.165, 1.54) is 12.8 Å². The van der Waals surface area contributed by atoms with E-state index in [1.807, 2.05) is 4.90 Å². The van der Waals surface area contributed by atoms with E-state index in [-0.39, 0.29) is 12.0 Å². The smallest absolute Gasteiger partial charge is 0.225 e. The van der Waals surface area contributed by atoms with E-state index < -0.39 is 0 Å². The first-order chi connectivity index (χ1) is 7.16. The van der Waals surface area contributed by atoms with Crippen molar-refractivity contribution in [2.45, 2.75) is 45.1 Å². The van der Waals surface area contributed by atoms with Gasteiger partial charge >= 0.3 is 0 Å². The van der Waals surface area contributed by atoms with E-state index >= 15 is 0 Å². The molecule has 0 bridgehead atoms. The molecule has 0 aromatic rings. The molecule has 0 unspecified atom stereocenters. The fraction of sp³-hybridized carbons (Fsp3) is 0.917. The zero-order valence-corrected chi connectivity index (χ0v) is 9.48. The molecule has 2 aliphatic rings. The summed E-state index contributed by atoms with van der Waals surface area (Å²) in [5.41, 5.74) is 0. The zero-order valence-electron chi connectivity index (χ0n) is 9.48. The Labute approximate surface area is 91.5 Å². The topological polar surface area (TPSA) is 40.5 Å². The van der Waals surface area contributed by atoms with Gasteiger partial charge in [-0.15, -0.1) is 0 Å². The molecule has 15 heavy (non-hydrogen) atoms. The van der Waals surface area contributed by atoms with Gasteiger partial charge < -0.3 is 10.0 Å². The SMILES string of the molecule is CC1CCC(C(=O)N2CC[C@@H](O)C2)CC1. The number of rotatable bonds is 1. The van der Waals surface area contributed by atoms with Crippen molar-refractivity contribution in [1.82, 2.24) is 4.90 Å². The molecule has 0 radical (unpaired) electrons. The maximum absolute atomic E-state index is 12.1. The first-order valence-corrected chi connectivity index (χ1v) is 6.13. The summed E-state index contributed by atoms with van der Waals surface area (Å²) in [6.07, 6.45) is 4.95. The number of nitrogens with zero attached hydrogens (tertiary/aromatic N) is 1. The third-order valence-corrected chi connectivity index (χ3v) is 3.84. The lowest BCUT2D eigenvalue weighted by Gasteiger charge is -2.28. The molecule has 86 valence electrons. The highest BCUT2D eigenvalue weighted by Gasteiger charge is 2.31. The summed E-state index contributed by atoms with van der Waals surface area (Å²) in [7, 11) is 0. The molecule has 1 aliphatic carbocycles. The first kappa shape index (κ1) is 10.9. The van der Waals surface area contributed by atoms with Crippen LogP contribution in [0.25, 0.3) is 0 Å². The maximum atomic E-state index is 12.1. The molecule has 2 rings (SSSR count). The maximum Gasteiger partial charge on any atom is 0.225 e. The minimum Gasteiger partial charge on any atom is -0.391 e. The van der Waals surface area contributed by atoms with Crippen LogP contribution in [0.3, 0.4) is 0 Å². The summed E-state index contributed by atoms with van der Waals surface area (Å²) >= 11 is 0. The molecule has 1 saturated heterocycles. The summed E-state index contributed by atoms with van der Waals surface area (Å²) in [6.45, 7) is 3.58. The minimum atomic E-state index is -0.281. The predicted molar refractivity (Wildman–Crippen MR) is 58.3 cm³/mol. The van der Waals surface area contributed by atoms with Crippen LogP contribution < -0.4 is 0 Å². The number of amides is 1. The monoisotopic (exact) mass is 211 g/mol. The second kappa shape index (κ2) is 4.52. The summed E-state index contributed by atoms with van der Waals surface area (Å²) < 4.78 is 0. The van der Waals surface area contributed by atoms with Crippen LogP contribution in [-0.2, 0) is 4.79 Å². The van der Waals surface area contributed by atoms with Gasteiger partial charge in [-0.2, -0.15) is 0 Å². The molecular weight excluding hydrogens is 190 g/mol. The van der Waals surface area contributed by atoms with Crippen LogP contribution in [0.1, 0.15) is 39.0 Å². The summed E-state index contributed by atoms with van der Waals surface area (Å²) in [4.78, 5) is 13.9. The predicted octanol–water partition coefficient (Wildman–Crippen LogP) is 1.41. The van der Waals surface area contributed by atoms with Gasteiger partial charge in [-0.05, 0) is 38.0 Å². The molecule has 0 aromatic heterocycles. The van der Waals surface area contributed by atoms with Crippen LogP contribution in [0.4, 0.5) is 0 Å². The number of hydrogen-bond acceptors (Lipinski definition) is 2. The number of aliphatic hydroxyl groups is 1. The summed E-state index contributed by atoms with van der Waals surface area (Å²) in [6, 6.07) is 0. The fourth-order valence-corrected chi connectivity index (χ4v) is 2.71. The summed E-state index contributed by atoms with van der Waals surface area (Å²) in [5, 5.41) is 9.40. The van der Waals surface area contributed by atoms with Gasteiger partial charge in [0.1, 0.15) is 0 Å². The molecule has 3 heteroatoms. The molecule has 1 atom stereocenters. The third-order valence-electron chi connectivity index (χ3n) is 3.84. The number of β-amino-alcohol motifs (C(OH)–C–C–N with tert-alkyl or cyclic N) is 1. The van der Waals surface area contributed by atoms with Crippen molar-refractivity contribution in [2.75, 3.05) is 13.1 Å². The van der Waals surface area contributed by atoms with E-state index in [4.69, 9.17) is 0 Å². The highest BCUT2D eigenvalue weighted by molar-refractivity contribution is 5.79. The quantitative estimate of drug-likeness (QED) is 0.712. The lowest BCUT2D eigenvalue weighted by Crippen LogP contribution is -2.36. The van der Waals surface area contributed by atoms with Crippen molar-refractivity contribution < 1.29 is 9.90 Å². The Morgan fingerprint density at radius 1 is 1.20 bits per heavy atom. The van der Waals surface area contributed by atoms with Crippen LogP contribution >= 0.6 is 0 Å². The van der Waals surface area contributed by atoms with Gasteiger partial charge in [-0.1, -0.05) is 6.92 Å². The van der Waals surface area contributed by atoms with Crippen molar-refractivity contribution in [2.24, 2.45) is 11.8 Å². The van der Waals surface area contributed by atoms with E-state index in [0.29, 0.717) is 12.5 Å². The minimum absolute atomic E-state index is 0.242. The van der Waals surface area contributed by atoms with Crippen LogP contribution in [0.2, 0.25) is 0 Å². The Bertz CT molecular complexity index is 234. The second-order valence-corrected chi connectivity index (χ2v) is 5.18. The van der Waals surface area contributed by atoms with E-state index in [2.05, 4.69) is 6.92 Å². The molecule has 2 fully saturated rings. The van der Waals surface area contributed by atoms with Gasteiger partial charge in [0.25, 0.3) is 0 Å². The van der Waals surface area contributed by atoms with Crippen molar-refractivity contribution in [3.63, 3.8) is 0 Å². The molecule has 0 spiro atoms. The first-order valence-electron chi connectivity index (χ1n) is 6.13. The lowest BCUT2D eigenvalue weighted by atomic mass is 9.82. The average Bonchev–Trinajstić information content (AvgIpc) is 2.65. The second-order valence-electron chi connectivity index (χ2n) is 5.18. The molecule has 1 N–H and O–H groups in total. The molecule has 1 amide bonds. The highest BCUT2D eigenvalue weighted by Crippen LogP contribution is 2.30. The van der Waals surface area contributed by atoms with Gasteiger partial charge in [0, 0.05) is 19.0 Å². The van der Waals surface area contributed by atoms with Crippen LogP contribution in [0.5, 0.6) is 0 Å². The summed E-state index contributed by atoms with van der Waals surface area (Å²) in [5.74, 6) is 1.32. The van der Waals surface area contributed by atoms with E-state index in [1.54, 1.807) is 0 Å². The van der Waals surface area contributed by atoms with Gasteiger partial charge in [0.05, 0.1) is 6.10 Å². The molecular formula is C12H21NO2. The number of aliphatic hydroxyl groups excluding tert-OH is 1. The van der Waals surface area contributed by atoms with Crippen molar-refractivity contribution in [1.29, 1.82) is 0 Å². The zero-order chi connectivity index (χ0) is 10.8. The van der Waals surface area contributed by atoms with E-state index in [0.717, 1.165) is 31.7 Å². The number of likely N-dealkylation sites (tertiary alicyclic amines) is 1. The van der Waals surface area contributed by atoms with Crippen LogP contribution in [0, 0.1) is 11.8 Å². The van der Waals surface area contributed by atoms with Gasteiger partial charge in [0.15, 0.2) is 0 Å². The number of hydrogen-bond donors (Lipinski definition) is 1. The third kappa shape index (κ3) is 2.51. The van der Waals surface area contributed by atoms with Crippen LogP contribution in [0.15, 0.2) is 0 Å². The average molecular weight is 211 g/mol. The Morgan fingerprint density at radius 2 is 1.87 bits per heavy atom. The van der Waals surface area contributed by atoms with Crippen LogP contribution in [-0.4, -0.2) is 35.1 Å². The Balaban J connectivity index is 1.85. The Morgan fingerprint density at radius 3 is 2.40 bits per heavy atom. The lowest BCUT2D eigenvalue weighted by molar-refractivity contribution is -0.136. The van der Waals surface area contributed by atoms with Crippen molar-refractivity contribution in [3.05, 3.63) is 0 Å². The normalized spacial score (nSPS) is 36.9. The molecule has 0 aromatic carbocycles. The Hall–Kier alpha value is -0.570. The molecule has 1 aliphatic heterocycles. The van der Waals surface area contributed by atoms with Crippen molar-refractivity contribution >= 4 is 5.91 Å². The molecule has 1 heterocycles. The molecule has 3 nitrogen and oxygen atoms in total. The van der Waals surface area contributed by atoms with Gasteiger partial charge in [-0.3, -0.25) is 4.79 Å². The number of carbonyl (C=O) groups excluding carboxylic acids is 1. The van der Waals surface area contributed by atoms with Gasteiger partial charge in [0.2, 0.25) is 5.91 Å². The largest absolute Gasteiger partial charge is 0.391 e. The van der Waals surface area contributed by atoms with E-state index in [9.17, 15) is 9.90 Å². The standard InChI is InChI=1S/C12H21NO2/c1-9-2-4-10(5-3-9)12(15)13-7-6-11(14)8-13/h9-11,14H,2-8H2,1H3/t9?,10?,11-/m1/s1.